The summed E-state index contributed by atoms with van der Waals surface area (Å²) >= 11 is 0. The summed E-state index contributed by atoms with van der Waals surface area (Å²) < 4.78 is 0. The van der Waals surface area contributed by atoms with Crippen LogP contribution in [0.4, 0.5) is 0 Å². The average Bonchev–Trinajstić information content (AvgIpc) is 2.98. The Balaban J connectivity index is 1.57. The van der Waals surface area contributed by atoms with Gasteiger partial charge < -0.3 is 10.2 Å². The van der Waals surface area contributed by atoms with Gasteiger partial charge in [0.15, 0.2) is 5.96 Å². The maximum absolute atomic E-state index is 4.53. The van der Waals surface area contributed by atoms with Crippen LogP contribution in [0.5, 0.6) is 0 Å². The fourth-order valence-electron chi connectivity index (χ4n) is 3.97. The lowest BCUT2D eigenvalue weighted by molar-refractivity contribution is 0.151. The van der Waals surface area contributed by atoms with Gasteiger partial charge in [-0.25, -0.2) is 0 Å². The quantitative estimate of drug-likeness (QED) is 0.679. The summed E-state index contributed by atoms with van der Waals surface area (Å²) in [6, 6.07) is 10.8. The number of hydrogen-bond donors (Lipinski definition) is 1. The highest BCUT2D eigenvalue weighted by Crippen LogP contribution is 2.47. The molecule has 0 bridgehead atoms. The molecule has 1 saturated heterocycles. The Morgan fingerprint density at radius 2 is 2.05 bits per heavy atom. The largest absolute Gasteiger partial charge is 0.356 e. The molecule has 0 aromatic heterocycles. The Morgan fingerprint density at radius 1 is 1.27 bits per heavy atom. The molecule has 3 nitrogen and oxygen atoms in total. The molecule has 22 heavy (non-hydrogen) atoms. The van der Waals surface area contributed by atoms with Gasteiger partial charge in [-0.05, 0) is 36.7 Å². The Labute approximate surface area is 134 Å². The van der Waals surface area contributed by atoms with Crippen LogP contribution < -0.4 is 5.32 Å². The third kappa shape index (κ3) is 3.13. The predicted octanol–water partition coefficient (Wildman–Crippen LogP) is 3.63. The lowest BCUT2D eigenvalue weighted by Gasteiger charge is -2.38. The van der Waals surface area contributed by atoms with Crippen molar-refractivity contribution in [3.63, 3.8) is 0 Å². The lowest BCUT2D eigenvalue weighted by atomic mass is 9.68. The molecule has 0 radical (unpaired) electrons. The standard InChI is InChI=1S/C19H29N3/c1-3-16(17-8-5-4-6-9-17)14-21-18(20-2)22-13-12-19(15-22)10-7-11-19/h4-6,8-9,16H,3,7,10-15H2,1-2H3,(H,20,21). The zero-order valence-corrected chi connectivity index (χ0v) is 14.0. The van der Waals surface area contributed by atoms with Crippen molar-refractivity contribution in [2.24, 2.45) is 10.4 Å². The molecular weight excluding hydrogens is 270 g/mol. The minimum Gasteiger partial charge on any atom is -0.356 e. The van der Waals surface area contributed by atoms with Crippen LogP contribution in [0, 0.1) is 5.41 Å². The van der Waals surface area contributed by atoms with Crippen LogP contribution in [0.15, 0.2) is 35.3 Å². The van der Waals surface area contributed by atoms with E-state index in [0.717, 1.165) is 18.9 Å². The maximum atomic E-state index is 4.53. The number of nitrogens with zero attached hydrogens (tertiary/aromatic N) is 2. The molecule has 120 valence electrons. The van der Waals surface area contributed by atoms with E-state index in [1.807, 2.05) is 7.05 Å². The van der Waals surface area contributed by atoms with Gasteiger partial charge in [0, 0.05) is 32.6 Å². The molecule has 1 heterocycles. The van der Waals surface area contributed by atoms with Gasteiger partial charge in [-0.15, -0.1) is 0 Å². The Hall–Kier alpha value is -1.51. The normalized spacial score (nSPS) is 21.7. The van der Waals surface area contributed by atoms with Gasteiger partial charge in [0.05, 0.1) is 0 Å². The molecule has 1 aromatic rings. The molecule has 3 rings (SSSR count). The first-order valence-electron chi connectivity index (χ1n) is 8.77. The smallest absolute Gasteiger partial charge is 0.193 e. The van der Waals surface area contributed by atoms with E-state index in [9.17, 15) is 0 Å². The van der Waals surface area contributed by atoms with Crippen LogP contribution in [0.3, 0.4) is 0 Å². The molecule has 3 heteroatoms. The Bertz CT molecular complexity index is 505. The average molecular weight is 299 g/mol. The van der Waals surface area contributed by atoms with Gasteiger partial charge in [0.2, 0.25) is 0 Å². The second-order valence-corrected chi connectivity index (χ2v) is 6.97. The molecule has 1 unspecified atom stereocenters. The zero-order chi connectivity index (χ0) is 15.4. The summed E-state index contributed by atoms with van der Waals surface area (Å²) in [6.07, 6.45) is 6.76. The first kappa shape index (κ1) is 15.4. The summed E-state index contributed by atoms with van der Waals surface area (Å²) in [5.74, 6) is 1.65. The van der Waals surface area contributed by atoms with Crippen LogP contribution >= 0.6 is 0 Å². The number of aliphatic imine (C=N–C) groups is 1. The Morgan fingerprint density at radius 3 is 2.59 bits per heavy atom. The van der Waals surface area contributed by atoms with Crippen LogP contribution in [0.2, 0.25) is 0 Å². The topological polar surface area (TPSA) is 27.6 Å². The first-order chi connectivity index (χ1) is 10.8. The minimum atomic E-state index is 0.554. The fourth-order valence-corrected chi connectivity index (χ4v) is 3.97. The molecule has 1 aromatic carbocycles. The van der Waals surface area contributed by atoms with E-state index < -0.39 is 0 Å². The van der Waals surface area contributed by atoms with Crippen molar-refractivity contribution in [1.82, 2.24) is 10.2 Å². The van der Waals surface area contributed by atoms with Crippen molar-refractivity contribution in [2.75, 3.05) is 26.7 Å². The predicted molar refractivity (Wildman–Crippen MR) is 93.3 cm³/mol. The second kappa shape index (κ2) is 6.72. The summed E-state index contributed by atoms with van der Waals surface area (Å²) in [5, 5.41) is 3.62. The van der Waals surface area contributed by atoms with E-state index in [1.54, 1.807) is 0 Å². The van der Waals surface area contributed by atoms with Crippen molar-refractivity contribution in [3.8, 4) is 0 Å². The number of likely N-dealkylation sites (tertiary alicyclic amines) is 1. The van der Waals surface area contributed by atoms with Gasteiger partial charge in [-0.1, -0.05) is 43.7 Å². The van der Waals surface area contributed by atoms with E-state index in [2.05, 4.69) is 52.5 Å². The van der Waals surface area contributed by atoms with Crippen molar-refractivity contribution < 1.29 is 0 Å². The minimum absolute atomic E-state index is 0.554. The highest BCUT2D eigenvalue weighted by atomic mass is 15.3. The zero-order valence-electron chi connectivity index (χ0n) is 14.0. The SMILES string of the molecule is CCC(CNC(=NC)N1CCC2(CCC2)C1)c1ccccc1. The van der Waals surface area contributed by atoms with Crippen LogP contribution in [0.25, 0.3) is 0 Å². The summed E-state index contributed by atoms with van der Waals surface area (Å²) in [6.45, 7) is 5.61. The number of hydrogen-bond acceptors (Lipinski definition) is 1. The molecule has 1 aliphatic carbocycles. The van der Waals surface area contributed by atoms with Crippen molar-refractivity contribution >= 4 is 5.96 Å². The molecule has 1 N–H and O–H groups in total. The van der Waals surface area contributed by atoms with Gasteiger partial charge in [0.1, 0.15) is 0 Å². The first-order valence-corrected chi connectivity index (χ1v) is 8.77. The second-order valence-electron chi connectivity index (χ2n) is 6.97. The highest BCUT2D eigenvalue weighted by Gasteiger charge is 2.43. The van der Waals surface area contributed by atoms with Gasteiger partial charge in [-0.3, -0.25) is 4.99 Å². The molecular formula is C19H29N3. The molecule has 1 spiro atoms. The molecule has 2 fully saturated rings. The molecule has 1 saturated carbocycles. The highest BCUT2D eigenvalue weighted by molar-refractivity contribution is 5.80. The van der Waals surface area contributed by atoms with Crippen LogP contribution in [0.1, 0.15) is 50.5 Å². The van der Waals surface area contributed by atoms with E-state index in [4.69, 9.17) is 0 Å². The van der Waals surface area contributed by atoms with E-state index in [1.165, 1.54) is 44.3 Å². The van der Waals surface area contributed by atoms with Crippen molar-refractivity contribution in [1.29, 1.82) is 0 Å². The lowest BCUT2D eigenvalue weighted by Crippen LogP contribution is -2.43. The van der Waals surface area contributed by atoms with Crippen LogP contribution in [-0.2, 0) is 0 Å². The summed E-state index contributed by atoms with van der Waals surface area (Å²) in [4.78, 5) is 6.99. The molecule has 1 aliphatic heterocycles. The van der Waals surface area contributed by atoms with Crippen LogP contribution in [-0.4, -0.2) is 37.5 Å². The van der Waals surface area contributed by atoms with Gasteiger partial charge in [0.25, 0.3) is 0 Å². The van der Waals surface area contributed by atoms with Gasteiger partial charge in [-0.2, -0.15) is 0 Å². The Kier molecular flexibility index (Phi) is 4.70. The maximum Gasteiger partial charge on any atom is 0.193 e. The van der Waals surface area contributed by atoms with Crippen molar-refractivity contribution in [3.05, 3.63) is 35.9 Å². The number of benzene rings is 1. The number of guanidine groups is 1. The molecule has 0 amide bonds. The molecule has 1 atom stereocenters. The molecule has 2 aliphatic rings. The van der Waals surface area contributed by atoms with E-state index in [-0.39, 0.29) is 0 Å². The third-order valence-corrected chi connectivity index (χ3v) is 5.63. The fraction of sp³-hybridized carbons (Fsp3) is 0.632. The van der Waals surface area contributed by atoms with E-state index in [0.29, 0.717) is 11.3 Å². The third-order valence-electron chi connectivity index (χ3n) is 5.63. The number of rotatable bonds is 4. The summed E-state index contributed by atoms with van der Waals surface area (Å²) in [7, 11) is 1.91. The number of nitrogens with one attached hydrogen (secondary N) is 1. The van der Waals surface area contributed by atoms with Crippen molar-refractivity contribution in [2.45, 2.75) is 44.9 Å². The summed E-state index contributed by atoms with van der Waals surface area (Å²) in [5.41, 5.74) is 2.05. The monoisotopic (exact) mass is 299 g/mol. The van der Waals surface area contributed by atoms with Gasteiger partial charge >= 0.3 is 0 Å². The van der Waals surface area contributed by atoms with E-state index >= 15 is 0 Å².